The number of hydrogen-bond donors (Lipinski definition) is 1. The molecular formula is C13H20ClN3. The van der Waals surface area contributed by atoms with Gasteiger partial charge in [-0.1, -0.05) is 17.7 Å². The van der Waals surface area contributed by atoms with Gasteiger partial charge in [-0.25, -0.2) is 0 Å². The largest absolute Gasteiger partial charge is 0.365 e. The maximum Gasteiger partial charge on any atom is 0.0541 e. The van der Waals surface area contributed by atoms with Crippen molar-refractivity contribution in [3.63, 3.8) is 0 Å². The molecule has 1 fully saturated rings. The van der Waals surface area contributed by atoms with Crippen LogP contribution in [0.5, 0.6) is 0 Å². The highest BCUT2D eigenvalue weighted by Gasteiger charge is 2.22. The summed E-state index contributed by atoms with van der Waals surface area (Å²) in [5, 5.41) is 4.26. The van der Waals surface area contributed by atoms with Gasteiger partial charge in [-0.3, -0.25) is 0 Å². The SMILES string of the molecule is CN(C)CC1CNCCN1c1cccc(Cl)c1. The van der Waals surface area contributed by atoms with Gasteiger partial charge in [0.05, 0.1) is 6.04 Å². The number of hydrogen-bond acceptors (Lipinski definition) is 3. The fourth-order valence-corrected chi connectivity index (χ4v) is 2.52. The quantitative estimate of drug-likeness (QED) is 0.884. The summed E-state index contributed by atoms with van der Waals surface area (Å²) in [6.45, 7) is 4.17. The van der Waals surface area contributed by atoms with Crippen molar-refractivity contribution in [3.8, 4) is 0 Å². The van der Waals surface area contributed by atoms with Gasteiger partial charge in [0.25, 0.3) is 0 Å². The van der Waals surface area contributed by atoms with Crippen LogP contribution in [0.15, 0.2) is 24.3 Å². The van der Waals surface area contributed by atoms with Crippen LogP contribution in [0.4, 0.5) is 5.69 Å². The van der Waals surface area contributed by atoms with Gasteiger partial charge in [0, 0.05) is 36.9 Å². The summed E-state index contributed by atoms with van der Waals surface area (Å²) in [7, 11) is 4.23. The molecule has 1 aromatic rings. The molecule has 0 saturated carbocycles. The Hall–Kier alpha value is -0.770. The second-order valence-corrected chi connectivity index (χ2v) is 5.23. The van der Waals surface area contributed by atoms with Crippen molar-refractivity contribution >= 4 is 17.3 Å². The number of likely N-dealkylation sites (N-methyl/N-ethyl adjacent to an activating group) is 1. The van der Waals surface area contributed by atoms with E-state index in [0.717, 1.165) is 31.2 Å². The Kier molecular flexibility index (Phi) is 4.26. The third kappa shape index (κ3) is 3.35. The molecule has 1 saturated heterocycles. The molecule has 1 N–H and O–H groups in total. The van der Waals surface area contributed by atoms with Crippen LogP contribution >= 0.6 is 11.6 Å². The molecule has 1 aliphatic rings. The highest BCUT2D eigenvalue weighted by atomic mass is 35.5. The third-order valence-corrected chi connectivity index (χ3v) is 3.30. The van der Waals surface area contributed by atoms with Crippen LogP contribution in [0.3, 0.4) is 0 Å². The number of piperazine rings is 1. The normalized spacial score (nSPS) is 20.9. The highest BCUT2D eigenvalue weighted by molar-refractivity contribution is 6.30. The Balaban J connectivity index is 2.15. The predicted molar refractivity (Wildman–Crippen MR) is 74.0 cm³/mol. The lowest BCUT2D eigenvalue weighted by atomic mass is 10.1. The molecular weight excluding hydrogens is 234 g/mol. The molecule has 0 aliphatic carbocycles. The monoisotopic (exact) mass is 253 g/mol. The van der Waals surface area contributed by atoms with Crippen molar-refractivity contribution in [2.45, 2.75) is 6.04 Å². The van der Waals surface area contributed by atoms with E-state index >= 15 is 0 Å². The van der Waals surface area contributed by atoms with E-state index in [-0.39, 0.29) is 0 Å². The van der Waals surface area contributed by atoms with Crippen molar-refractivity contribution in [1.29, 1.82) is 0 Å². The van der Waals surface area contributed by atoms with Gasteiger partial charge in [0.2, 0.25) is 0 Å². The van der Waals surface area contributed by atoms with Crippen LogP contribution in [-0.4, -0.2) is 51.2 Å². The fourth-order valence-electron chi connectivity index (χ4n) is 2.34. The molecule has 3 nitrogen and oxygen atoms in total. The molecule has 4 heteroatoms. The fraction of sp³-hybridized carbons (Fsp3) is 0.538. The summed E-state index contributed by atoms with van der Waals surface area (Å²) >= 11 is 6.06. The smallest absolute Gasteiger partial charge is 0.0541 e. The van der Waals surface area contributed by atoms with Crippen molar-refractivity contribution < 1.29 is 0 Å². The van der Waals surface area contributed by atoms with E-state index in [0.29, 0.717) is 6.04 Å². The summed E-state index contributed by atoms with van der Waals surface area (Å²) < 4.78 is 0. The lowest BCUT2D eigenvalue weighted by molar-refractivity contribution is 0.337. The van der Waals surface area contributed by atoms with Crippen LogP contribution in [0.2, 0.25) is 5.02 Å². The Morgan fingerprint density at radius 3 is 3.00 bits per heavy atom. The second-order valence-electron chi connectivity index (χ2n) is 4.79. The van der Waals surface area contributed by atoms with E-state index in [1.807, 2.05) is 12.1 Å². The number of anilines is 1. The molecule has 0 amide bonds. The second kappa shape index (κ2) is 5.71. The highest BCUT2D eigenvalue weighted by Crippen LogP contribution is 2.22. The van der Waals surface area contributed by atoms with Crippen LogP contribution in [0, 0.1) is 0 Å². The van der Waals surface area contributed by atoms with E-state index in [2.05, 4.69) is 41.3 Å². The van der Waals surface area contributed by atoms with Crippen LogP contribution in [-0.2, 0) is 0 Å². The molecule has 0 bridgehead atoms. The standard InChI is InChI=1S/C13H20ClN3/c1-16(2)10-13-9-15-6-7-17(13)12-5-3-4-11(14)8-12/h3-5,8,13,15H,6-7,9-10H2,1-2H3. The Morgan fingerprint density at radius 2 is 2.29 bits per heavy atom. The summed E-state index contributed by atoms with van der Waals surface area (Å²) in [6.07, 6.45) is 0. The predicted octanol–water partition coefficient (Wildman–Crippen LogP) is 1.68. The molecule has 1 aromatic carbocycles. The summed E-state index contributed by atoms with van der Waals surface area (Å²) in [5.74, 6) is 0. The lowest BCUT2D eigenvalue weighted by Gasteiger charge is -2.39. The number of halogens is 1. The molecule has 0 spiro atoms. The minimum absolute atomic E-state index is 0.511. The van der Waals surface area contributed by atoms with Crippen molar-refractivity contribution in [2.75, 3.05) is 45.2 Å². The van der Waals surface area contributed by atoms with E-state index in [4.69, 9.17) is 11.6 Å². The first-order chi connectivity index (χ1) is 8.16. The number of nitrogens with zero attached hydrogens (tertiary/aromatic N) is 2. The average molecular weight is 254 g/mol. The van der Waals surface area contributed by atoms with Gasteiger partial charge in [-0.2, -0.15) is 0 Å². The minimum Gasteiger partial charge on any atom is -0.365 e. The third-order valence-electron chi connectivity index (χ3n) is 3.07. The van der Waals surface area contributed by atoms with Crippen LogP contribution in [0.25, 0.3) is 0 Å². The van der Waals surface area contributed by atoms with E-state index in [9.17, 15) is 0 Å². The molecule has 1 heterocycles. The number of nitrogens with one attached hydrogen (secondary N) is 1. The Labute approximate surface area is 108 Å². The first kappa shape index (κ1) is 12.7. The average Bonchev–Trinajstić information content (AvgIpc) is 2.29. The molecule has 0 aromatic heterocycles. The lowest BCUT2D eigenvalue weighted by Crippen LogP contribution is -2.55. The maximum atomic E-state index is 6.06. The molecule has 2 rings (SSSR count). The zero-order chi connectivity index (χ0) is 12.3. The van der Waals surface area contributed by atoms with Crippen molar-refractivity contribution in [1.82, 2.24) is 10.2 Å². The van der Waals surface area contributed by atoms with E-state index in [1.165, 1.54) is 5.69 Å². The zero-order valence-electron chi connectivity index (χ0n) is 10.5. The van der Waals surface area contributed by atoms with Gasteiger partial charge in [0.15, 0.2) is 0 Å². The van der Waals surface area contributed by atoms with Crippen molar-refractivity contribution in [2.24, 2.45) is 0 Å². The summed E-state index contributed by atoms with van der Waals surface area (Å²) in [5.41, 5.74) is 1.23. The van der Waals surface area contributed by atoms with Gasteiger partial charge < -0.3 is 15.1 Å². The summed E-state index contributed by atoms with van der Waals surface area (Å²) in [4.78, 5) is 4.68. The molecule has 17 heavy (non-hydrogen) atoms. The minimum atomic E-state index is 0.511. The molecule has 1 atom stereocenters. The van der Waals surface area contributed by atoms with E-state index in [1.54, 1.807) is 0 Å². The van der Waals surface area contributed by atoms with Gasteiger partial charge in [-0.15, -0.1) is 0 Å². The van der Waals surface area contributed by atoms with Gasteiger partial charge in [0.1, 0.15) is 0 Å². The topological polar surface area (TPSA) is 18.5 Å². The number of rotatable bonds is 3. The van der Waals surface area contributed by atoms with E-state index < -0.39 is 0 Å². The van der Waals surface area contributed by atoms with Crippen LogP contribution < -0.4 is 10.2 Å². The first-order valence-electron chi connectivity index (χ1n) is 6.04. The van der Waals surface area contributed by atoms with Gasteiger partial charge in [-0.05, 0) is 32.3 Å². The molecule has 0 radical (unpaired) electrons. The molecule has 1 unspecified atom stereocenters. The molecule has 1 aliphatic heterocycles. The van der Waals surface area contributed by atoms with Gasteiger partial charge >= 0.3 is 0 Å². The zero-order valence-corrected chi connectivity index (χ0v) is 11.2. The van der Waals surface area contributed by atoms with Crippen LogP contribution in [0.1, 0.15) is 0 Å². The number of benzene rings is 1. The first-order valence-corrected chi connectivity index (χ1v) is 6.42. The van der Waals surface area contributed by atoms with Crippen molar-refractivity contribution in [3.05, 3.63) is 29.3 Å². The maximum absolute atomic E-state index is 6.06. The Bertz CT molecular complexity index is 367. The summed E-state index contributed by atoms with van der Waals surface area (Å²) in [6, 6.07) is 8.65. The molecule has 94 valence electrons. The Morgan fingerprint density at radius 1 is 1.47 bits per heavy atom.